The first-order valence-electron chi connectivity index (χ1n) is 9.83. The fourth-order valence-electron chi connectivity index (χ4n) is 3.75. The molecule has 5 heteroatoms. The smallest absolute Gasteiger partial charge is 0.255 e. The Morgan fingerprint density at radius 2 is 1.79 bits per heavy atom. The molecule has 5 nitrogen and oxygen atoms in total. The number of benzene rings is 2. The van der Waals surface area contributed by atoms with Gasteiger partial charge in [0, 0.05) is 0 Å². The number of hydrogen-bond donors (Lipinski definition) is 2. The number of carbonyl (C=O) groups is 2. The third-order valence-corrected chi connectivity index (χ3v) is 5.27. The molecule has 2 N–H and O–H groups in total. The van der Waals surface area contributed by atoms with Gasteiger partial charge in [-0.2, -0.15) is 0 Å². The largest absolute Gasteiger partial charge is 0.496 e. The van der Waals surface area contributed by atoms with Gasteiger partial charge in [-0.15, -0.1) is 0 Å². The van der Waals surface area contributed by atoms with Crippen molar-refractivity contribution in [2.75, 3.05) is 7.11 Å². The molecular formula is C23H28N2O3. The fraction of sp³-hybridized carbons (Fsp3) is 0.391. The summed E-state index contributed by atoms with van der Waals surface area (Å²) in [5.74, 6) is -0.0168. The van der Waals surface area contributed by atoms with E-state index in [1.54, 1.807) is 18.2 Å². The Hall–Kier alpha value is -2.82. The summed E-state index contributed by atoms with van der Waals surface area (Å²) in [6, 6.07) is 14.6. The third-order valence-electron chi connectivity index (χ3n) is 5.27. The van der Waals surface area contributed by atoms with Gasteiger partial charge in [-0.3, -0.25) is 9.59 Å². The van der Waals surface area contributed by atoms with Crippen LogP contribution >= 0.6 is 0 Å². The van der Waals surface area contributed by atoms with Crippen molar-refractivity contribution in [1.82, 2.24) is 10.6 Å². The average molecular weight is 380 g/mol. The zero-order valence-electron chi connectivity index (χ0n) is 16.7. The van der Waals surface area contributed by atoms with E-state index in [4.69, 9.17) is 4.74 Å². The van der Waals surface area contributed by atoms with Gasteiger partial charge in [0.25, 0.3) is 5.91 Å². The Bertz CT molecular complexity index is 847. The summed E-state index contributed by atoms with van der Waals surface area (Å²) in [5, 5.41) is 6.05. The molecule has 28 heavy (non-hydrogen) atoms. The van der Waals surface area contributed by atoms with Crippen molar-refractivity contribution in [2.24, 2.45) is 5.92 Å². The van der Waals surface area contributed by atoms with Gasteiger partial charge < -0.3 is 15.4 Å². The molecule has 0 heterocycles. The molecule has 0 aromatic heterocycles. The minimum Gasteiger partial charge on any atom is -0.496 e. The van der Waals surface area contributed by atoms with Crippen LogP contribution in [0.3, 0.4) is 0 Å². The van der Waals surface area contributed by atoms with Crippen LogP contribution in [0.15, 0.2) is 48.5 Å². The average Bonchev–Trinajstić information content (AvgIpc) is 2.71. The van der Waals surface area contributed by atoms with Gasteiger partial charge in [0.2, 0.25) is 5.91 Å². The number of rotatable bonds is 6. The zero-order chi connectivity index (χ0) is 20.1. The van der Waals surface area contributed by atoms with Crippen LogP contribution in [0.5, 0.6) is 5.75 Å². The molecule has 2 aromatic rings. The summed E-state index contributed by atoms with van der Waals surface area (Å²) >= 11 is 0. The molecule has 0 saturated heterocycles. The lowest BCUT2D eigenvalue weighted by atomic mass is 9.87. The molecule has 0 saturated carbocycles. The van der Waals surface area contributed by atoms with Crippen LogP contribution in [-0.2, 0) is 11.2 Å². The normalized spacial score (nSPS) is 16.8. The maximum atomic E-state index is 13.0. The number of fused-ring (bicyclic) bond motifs is 1. The molecule has 2 atom stereocenters. The molecule has 0 bridgehead atoms. The van der Waals surface area contributed by atoms with Gasteiger partial charge >= 0.3 is 0 Å². The van der Waals surface area contributed by atoms with Gasteiger partial charge in [-0.25, -0.2) is 0 Å². The summed E-state index contributed by atoms with van der Waals surface area (Å²) in [5.41, 5.74) is 2.89. The maximum Gasteiger partial charge on any atom is 0.255 e. The van der Waals surface area contributed by atoms with Gasteiger partial charge in [-0.05, 0) is 48.4 Å². The molecule has 2 amide bonds. The Labute approximate surface area is 166 Å². The van der Waals surface area contributed by atoms with Crippen LogP contribution in [0.25, 0.3) is 0 Å². The van der Waals surface area contributed by atoms with E-state index in [9.17, 15) is 9.59 Å². The van der Waals surface area contributed by atoms with Crippen molar-refractivity contribution in [3.63, 3.8) is 0 Å². The molecule has 0 spiro atoms. The monoisotopic (exact) mass is 380 g/mol. The lowest BCUT2D eigenvalue weighted by Crippen LogP contribution is -2.50. The van der Waals surface area contributed by atoms with Crippen LogP contribution in [0.4, 0.5) is 0 Å². The van der Waals surface area contributed by atoms with E-state index in [1.165, 1.54) is 18.2 Å². The van der Waals surface area contributed by atoms with E-state index >= 15 is 0 Å². The van der Waals surface area contributed by atoms with Gasteiger partial charge in [0.15, 0.2) is 0 Å². The molecule has 1 aliphatic rings. The molecule has 0 radical (unpaired) electrons. The highest BCUT2D eigenvalue weighted by Gasteiger charge is 2.29. The van der Waals surface area contributed by atoms with Crippen LogP contribution in [0.2, 0.25) is 0 Å². The minimum absolute atomic E-state index is 0.0122. The Morgan fingerprint density at radius 3 is 2.54 bits per heavy atom. The van der Waals surface area contributed by atoms with Crippen molar-refractivity contribution >= 4 is 11.8 Å². The van der Waals surface area contributed by atoms with Crippen LogP contribution in [-0.4, -0.2) is 25.0 Å². The van der Waals surface area contributed by atoms with Crippen LogP contribution in [0, 0.1) is 5.92 Å². The first kappa shape index (κ1) is 19.9. The molecule has 148 valence electrons. The van der Waals surface area contributed by atoms with Gasteiger partial charge in [-0.1, -0.05) is 50.2 Å². The summed E-state index contributed by atoms with van der Waals surface area (Å²) in [6.45, 7) is 3.86. The van der Waals surface area contributed by atoms with Crippen LogP contribution in [0.1, 0.15) is 54.2 Å². The molecule has 3 rings (SSSR count). The van der Waals surface area contributed by atoms with E-state index in [2.05, 4.69) is 22.8 Å². The molecule has 2 aromatic carbocycles. The molecule has 0 aliphatic heterocycles. The van der Waals surface area contributed by atoms with Crippen molar-refractivity contribution in [3.8, 4) is 5.75 Å². The molecule has 1 aliphatic carbocycles. The predicted octanol–water partition coefficient (Wildman–Crippen LogP) is 3.64. The molecule has 1 unspecified atom stereocenters. The van der Waals surface area contributed by atoms with Gasteiger partial charge in [0.05, 0.1) is 18.7 Å². The van der Waals surface area contributed by atoms with E-state index in [0.29, 0.717) is 11.3 Å². The topological polar surface area (TPSA) is 67.4 Å². The number of nitrogens with one attached hydrogen (secondary N) is 2. The SMILES string of the molecule is COc1ccccc1C(=O)N[C@H](C(=O)NC1CCCc2ccccc21)C(C)C. The Balaban J connectivity index is 1.74. The standard InChI is InChI=1S/C23H28N2O3/c1-15(2)21(25-22(26)18-12-6-7-14-20(18)28-3)23(27)24-19-13-8-10-16-9-4-5-11-17(16)19/h4-7,9,11-12,14-15,19,21H,8,10,13H2,1-3H3,(H,24,27)(H,25,26)/t19?,21-/m0/s1. The zero-order valence-corrected chi connectivity index (χ0v) is 16.7. The van der Waals surface area contributed by atoms with Crippen molar-refractivity contribution in [2.45, 2.75) is 45.2 Å². The number of ether oxygens (including phenoxy) is 1. The first-order chi connectivity index (χ1) is 13.5. The second-order valence-corrected chi connectivity index (χ2v) is 7.55. The Kier molecular flexibility index (Phi) is 6.34. The fourth-order valence-corrected chi connectivity index (χ4v) is 3.75. The summed E-state index contributed by atoms with van der Waals surface area (Å²) in [7, 11) is 1.53. The number of amides is 2. The lowest BCUT2D eigenvalue weighted by molar-refractivity contribution is -0.124. The van der Waals surface area contributed by atoms with Crippen molar-refractivity contribution < 1.29 is 14.3 Å². The van der Waals surface area contributed by atoms with Crippen molar-refractivity contribution in [3.05, 3.63) is 65.2 Å². The third kappa shape index (κ3) is 4.35. The van der Waals surface area contributed by atoms with Gasteiger partial charge in [0.1, 0.15) is 11.8 Å². The quantitative estimate of drug-likeness (QED) is 0.804. The highest BCUT2D eigenvalue weighted by Crippen LogP contribution is 2.29. The first-order valence-corrected chi connectivity index (χ1v) is 9.83. The van der Waals surface area contributed by atoms with Crippen LogP contribution < -0.4 is 15.4 Å². The minimum atomic E-state index is -0.619. The number of hydrogen-bond acceptors (Lipinski definition) is 3. The summed E-state index contributed by atoms with van der Waals surface area (Å²) in [6.07, 6.45) is 3.00. The highest BCUT2D eigenvalue weighted by molar-refractivity contribution is 5.99. The second kappa shape index (κ2) is 8.91. The highest BCUT2D eigenvalue weighted by atomic mass is 16.5. The van der Waals surface area contributed by atoms with E-state index in [-0.39, 0.29) is 23.8 Å². The number of carbonyl (C=O) groups excluding carboxylic acids is 2. The predicted molar refractivity (Wildman–Crippen MR) is 109 cm³/mol. The summed E-state index contributed by atoms with van der Waals surface area (Å²) < 4.78 is 5.27. The van der Waals surface area contributed by atoms with E-state index < -0.39 is 6.04 Å². The van der Waals surface area contributed by atoms with E-state index in [1.807, 2.05) is 32.0 Å². The summed E-state index contributed by atoms with van der Waals surface area (Å²) in [4.78, 5) is 25.8. The van der Waals surface area contributed by atoms with E-state index in [0.717, 1.165) is 19.3 Å². The Morgan fingerprint density at radius 1 is 1.07 bits per heavy atom. The molecule has 0 fully saturated rings. The number of methoxy groups -OCH3 is 1. The molecular weight excluding hydrogens is 352 g/mol. The number of aryl methyl sites for hydroxylation is 1. The maximum absolute atomic E-state index is 13.0. The second-order valence-electron chi connectivity index (χ2n) is 7.55. The van der Waals surface area contributed by atoms with Crippen molar-refractivity contribution in [1.29, 1.82) is 0 Å². The number of para-hydroxylation sites is 1. The lowest BCUT2D eigenvalue weighted by Gasteiger charge is -2.29.